The lowest BCUT2D eigenvalue weighted by Crippen LogP contribution is -2.23. The van der Waals surface area contributed by atoms with Crippen molar-refractivity contribution in [1.82, 2.24) is 5.32 Å². The molecule has 1 N–H and O–H groups in total. The lowest BCUT2D eigenvalue weighted by Gasteiger charge is -2.05. The van der Waals surface area contributed by atoms with Crippen LogP contribution in [0.25, 0.3) is 0 Å². The summed E-state index contributed by atoms with van der Waals surface area (Å²) in [7, 11) is 0. The first-order chi connectivity index (χ1) is 9.65. The van der Waals surface area contributed by atoms with E-state index in [-0.39, 0.29) is 24.5 Å². The van der Waals surface area contributed by atoms with E-state index in [0.29, 0.717) is 11.4 Å². The maximum atomic E-state index is 11.8. The number of carbonyl (C=O) groups is 2. The fourth-order valence-electron chi connectivity index (χ4n) is 1.72. The Hall–Kier alpha value is -1.46. The second-order valence-corrected chi connectivity index (χ2v) is 6.17. The Morgan fingerprint density at radius 3 is 2.70 bits per heavy atom. The summed E-state index contributed by atoms with van der Waals surface area (Å²) in [4.78, 5) is 24.2. The van der Waals surface area contributed by atoms with E-state index < -0.39 is 0 Å². The Morgan fingerprint density at radius 2 is 2.00 bits per heavy atom. The molecule has 0 saturated heterocycles. The third-order valence-electron chi connectivity index (χ3n) is 2.75. The number of halogens is 1. The van der Waals surface area contributed by atoms with Gasteiger partial charge in [0.15, 0.2) is 5.78 Å². The average molecular weight is 352 g/mol. The molecule has 1 amide bonds. The van der Waals surface area contributed by atoms with Gasteiger partial charge in [0.25, 0.3) is 0 Å². The minimum atomic E-state index is -0.102. The van der Waals surface area contributed by atoms with Crippen molar-refractivity contribution >= 4 is 39.0 Å². The Balaban J connectivity index is 1.74. The molecule has 0 radical (unpaired) electrons. The van der Waals surface area contributed by atoms with Gasteiger partial charge in [-0.15, -0.1) is 11.3 Å². The van der Waals surface area contributed by atoms with Crippen LogP contribution in [-0.4, -0.2) is 11.7 Å². The summed E-state index contributed by atoms with van der Waals surface area (Å²) in [5.74, 6) is -0.0764. The van der Waals surface area contributed by atoms with E-state index in [2.05, 4.69) is 21.2 Å². The van der Waals surface area contributed by atoms with Gasteiger partial charge in [0.05, 0.1) is 4.88 Å². The maximum absolute atomic E-state index is 11.8. The van der Waals surface area contributed by atoms with E-state index in [1.165, 1.54) is 11.3 Å². The van der Waals surface area contributed by atoms with Crippen LogP contribution in [0.2, 0.25) is 0 Å². The molecule has 0 bridgehead atoms. The largest absolute Gasteiger partial charge is 0.352 e. The van der Waals surface area contributed by atoms with E-state index in [9.17, 15) is 9.59 Å². The molecule has 2 rings (SSSR count). The molecule has 2 aromatic rings. The number of nitrogens with one attached hydrogen (secondary N) is 1. The average Bonchev–Trinajstić information content (AvgIpc) is 2.97. The molecule has 0 aliphatic rings. The smallest absolute Gasteiger partial charge is 0.220 e. The van der Waals surface area contributed by atoms with E-state index in [1.807, 2.05) is 35.7 Å². The van der Waals surface area contributed by atoms with Gasteiger partial charge in [0.2, 0.25) is 5.91 Å². The molecule has 0 fully saturated rings. The van der Waals surface area contributed by atoms with Crippen molar-refractivity contribution in [3.8, 4) is 0 Å². The molecular formula is C15H14BrNO2S. The highest BCUT2D eigenvalue weighted by atomic mass is 79.9. The topological polar surface area (TPSA) is 46.2 Å². The second kappa shape index (κ2) is 7.36. The standard InChI is InChI=1S/C15H14BrNO2S/c16-12-4-1-3-11(9-12)10-17-15(19)7-6-13(18)14-5-2-8-20-14/h1-5,8-9H,6-7,10H2,(H,17,19). The molecule has 0 atom stereocenters. The van der Waals surface area contributed by atoms with Crippen LogP contribution in [0.15, 0.2) is 46.3 Å². The first kappa shape index (κ1) is 14.9. The zero-order valence-corrected chi connectivity index (χ0v) is 13.2. The Morgan fingerprint density at radius 1 is 1.15 bits per heavy atom. The van der Waals surface area contributed by atoms with Gasteiger partial charge in [-0.3, -0.25) is 9.59 Å². The zero-order chi connectivity index (χ0) is 14.4. The number of amides is 1. The number of hydrogen-bond acceptors (Lipinski definition) is 3. The molecule has 0 unspecified atom stereocenters. The predicted octanol–water partition coefficient (Wildman–Crippen LogP) is 3.79. The van der Waals surface area contributed by atoms with E-state index in [1.54, 1.807) is 6.07 Å². The van der Waals surface area contributed by atoms with Crippen LogP contribution in [0.4, 0.5) is 0 Å². The third kappa shape index (κ3) is 4.58. The molecule has 0 aliphatic carbocycles. The van der Waals surface area contributed by atoms with Crippen LogP contribution in [0, 0.1) is 0 Å². The quantitative estimate of drug-likeness (QED) is 0.804. The first-order valence-electron chi connectivity index (χ1n) is 6.23. The highest BCUT2D eigenvalue weighted by Crippen LogP contribution is 2.13. The van der Waals surface area contributed by atoms with Crippen molar-refractivity contribution in [2.45, 2.75) is 19.4 Å². The van der Waals surface area contributed by atoms with Gasteiger partial charge in [-0.05, 0) is 29.1 Å². The predicted molar refractivity (Wildman–Crippen MR) is 83.9 cm³/mol. The van der Waals surface area contributed by atoms with Crippen molar-refractivity contribution in [3.05, 3.63) is 56.7 Å². The summed E-state index contributed by atoms with van der Waals surface area (Å²) in [6.07, 6.45) is 0.482. The Labute approximate surface area is 130 Å². The van der Waals surface area contributed by atoms with Crippen LogP contribution in [0.3, 0.4) is 0 Å². The summed E-state index contributed by atoms with van der Waals surface area (Å²) < 4.78 is 0.983. The number of rotatable bonds is 6. The molecule has 20 heavy (non-hydrogen) atoms. The highest BCUT2D eigenvalue weighted by molar-refractivity contribution is 9.10. The summed E-state index contributed by atoms with van der Waals surface area (Å²) in [6, 6.07) is 11.4. The van der Waals surface area contributed by atoms with Crippen LogP contribution in [0.5, 0.6) is 0 Å². The fraction of sp³-hybridized carbons (Fsp3) is 0.200. The van der Waals surface area contributed by atoms with Crippen molar-refractivity contribution in [3.63, 3.8) is 0 Å². The molecule has 104 valence electrons. The van der Waals surface area contributed by atoms with E-state index in [0.717, 1.165) is 10.0 Å². The normalized spacial score (nSPS) is 10.2. The van der Waals surface area contributed by atoms with Crippen molar-refractivity contribution in [2.24, 2.45) is 0 Å². The van der Waals surface area contributed by atoms with Crippen LogP contribution in [-0.2, 0) is 11.3 Å². The number of Topliss-reactive ketones (excluding diaryl/α,β-unsaturated/α-hetero) is 1. The lowest BCUT2D eigenvalue weighted by atomic mass is 10.2. The van der Waals surface area contributed by atoms with Crippen LogP contribution < -0.4 is 5.32 Å². The molecule has 1 aromatic carbocycles. The minimum Gasteiger partial charge on any atom is -0.352 e. The van der Waals surface area contributed by atoms with Crippen molar-refractivity contribution in [2.75, 3.05) is 0 Å². The fourth-order valence-corrected chi connectivity index (χ4v) is 2.86. The first-order valence-corrected chi connectivity index (χ1v) is 7.90. The van der Waals surface area contributed by atoms with Crippen molar-refractivity contribution in [1.29, 1.82) is 0 Å². The number of benzene rings is 1. The highest BCUT2D eigenvalue weighted by Gasteiger charge is 2.09. The summed E-state index contributed by atoms with van der Waals surface area (Å²) >= 11 is 4.79. The minimum absolute atomic E-state index is 0.0256. The van der Waals surface area contributed by atoms with Gasteiger partial charge in [0, 0.05) is 23.9 Å². The monoisotopic (exact) mass is 351 g/mol. The molecule has 0 saturated carbocycles. The summed E-state index contributed by atoms with van der Waals surface area (Å²) in [6.45, 7) is 0.478. The second-order valence-electron chi connectivity index (χ2n) is 4.31. The number of thiophene rings is 1. The number of ketones is 1. The van der Waals surface area contributed by atoms with Gasteiger partial charge in [-0.1, -0.05) is 34.1 Å². The van der Waals surface area contributed by atoms with E-state index >= 15 is 0 Å². The summed E-state index contributed by atoms with van der Waals surface area (Å²) in [5.41, 5.74) is 1.03. The molecule has 1 aromatic heterocycles. The van der Waals surface area contributed by atoms with Crippen molar-refractivity contribution < 1.29 is 9.59 Å². The Bertz CT molecular complexity index is 596. The van der Waals surface area contributed by atoms with Crippen LogP contribution in [0.1, 0.15) is 28.1 Å². The molecule has 5 heteroatoms. The van der Waals surface area contributed by atoms with E-state index in [4.69, 9.17) is 0 Å². The summed E-state index contributed by atoms with van der Waals surface area (Å²) in [5, 5.41) is 4.68. The zero-order valence-electron chi connectivity index (χ0n) is 10.8. The van der Waals surface area contributed by atoms with Gasteiger partial charge in [-0.2, -0.15) is 0 Å². The van der Waals surface area contributed by atoms with Gasteiger partial charge in [-0.25, -0.2) is 0 Å². The van der Waals surface area contributed by atoms with Gasteiger partial charge in [0.1, 0.15) is 0 Å². The SMILES string of the molecule is O=C(CCC(=O)c1cccs1)NCc1cccc(Br)c1. The number of carbonyl (C=O) groups excluding carboxylic acids is 2. The molecular weight excluding hydrogens is 338 g/mol. The number of hydrogen-bond donors (Lipinski definition) is 1. The van der Waals surface area contributed by atoms with Crippen LogP contribution >= 0.6 is 27.3 Å². The molecule has 1 heterocycles. The maximum Gasteiger partial charge on any atom is 0.220 e. The van der Waals surface area contributed by atoms with Gasteiger partial charge >= 0.3 is 0 Å². The Kier molecular flexibility index (Phi) is 5.49. The molecule has 0 spiro atoms. The van der Waals surface area contributed by atoms with Gasteiger partial charge < -0.3 is 5.32 Å². The third-order valence-corrected chi connectivity index (χ3v) is 4.16. The molecule has 3 nitrogen and oxygen atoms in total. The lowest BCUT2D eigenvalue weighted by molar-refractivity contribution is -0.121. The molecule has 0 aliphatic heterocycles.